The van der Waals surface area contributed by atoms with Crippen molar-refractivity contribution in [2.75, 3.05) is 13.1 Å². The molecule has 10 heteroatoms. The number of hydrogen-bond acceptors (Lipinski definition) is 6. The lowest BCUT2D eigenvalue weighted by atomic mass is 9.80. The summed E-state index contributed by atoms with van der Waals surface area (Å²) in [5, 5.41) is 12.4. The van der Waals surface area contributed by atoms with Crippen molar-refractivity contribution in [3.05, 3.63) is 95.3 Å². The number of nitrogens with two attached hydrogens (primary N) is 1. The third-order valence-corrected chi connectivity index (χ3v) is 9.22. The SMILES string of the molecule is CC(=O)/C(=C\C=C(\C)NCC(=O)NCC1CCC(CCC(=N)N)CC1)NS(=O)(=O)C(c1ccccc1)c1ccccc1. The molecule has 0 heterocycles. The van der Waals surface area contributed by atoms with Crippen LogP contribution < -0.4 is 21.1 Å². The van der Waals surface area contributed by atoms with E-state index in [1.54, 1.807) is 61.5 Å². The minimum Gasteiger partial charge on any atom is -0.388 e. The van der Waals surface area contributed by atoms with E-state index in [4.69, 9.17) is 11.1 Å². The Balaban J connectivity index is 1.56. The minimum absolute atomic E-state index is 0.0648. The van der Waals surface area contributed by atoms with E-state index < -0.39 is 21.1 Å². The van der Waals surface area contributed by atoms with E-state index in [0.717, 1.165) is 32.1 Å². The molecule has 0 radical (unpaired) electrons. The van der Waals surface area contributed by atoms with Crippen LogP contribution in [0, 0.1) is 17.2 Å². The maximum Gasteiger partial charge on any atom is 0.244 e. The molecule has 42 heavy (non-hydrogen) atoms. The Morgan fingerprint density at radius 1 is 0.905 bits per heavy atom. The lowest BCUT2D eigenvalue weighted by molar-refractivity contribution is -0.120. The second kappa shape index (κ2) is 15.9. The number of hydrogen-bond donors (Lipinski definition) is 5. The molecule has 0 bridgehead atoms. The molecule has 226 valence electrons. The van der Waals surface area contributed by atoms with E-state index in [9.17, 15) is 18.0 Å². The summed E-state index contributed by atoms with van der Waals surface area (Å²) in [4.78, 5) is 24.8. The van der Waals surface area contributed by atoms with Gasteiger partial charge in [-0.1, -0.05) is 73.5 Å². The van der Waals surface area contributed by atoms with Crippen molar-refractivity contribution in [2.45, 2.75) is 57.6 Å². The highest BCUT2D eigenvalue weighted by atomic mass is 32.2. The highest BCUT2D eigenvalue weighted by Gasteiger charge is 2.30. The van der Waals surface area contributed by atoms with Crippen molar-refractivity contribution in [1.29, 1.82) is 5.41 Å². The molecular formula is C32H43N5O4S. The molecular weight excluding hydrogens is 550 g/mol. The molecule has 0 atom stereocenters. The van der Waals surface area contributed by atoms with Gasteiger partial charge in [-0.3, -0.25) is 19.7 Å². The molecule has 1 aliphatic carbocycles. The van der Waals surface area contributed by atoms with E-state index in [0.29, 0.717) is 41.6 Å². The summed E-state index contributed by atoms with van der Waals surface area (Å²) in [5.41, 5.74) is 7.17. The Hall–Kier alpha value is -3.92. The fourth-order valence-corrected chi connectivity index (χ4v) is 6.80. The molecule has 0 aliphatic heterocycles. The zero-order valence-corrected chi connectivity index (χ0v) is 25.3. The predicted octanol–water partition coefficient (Wildman–Crippen LogP) is 4.30. The number of carbonyl (C=O) groups excluding carboxylic acids is 2. The zero-order valence-electron chi connectivity index (χ0n) is 24.4. The molecule has 1 aliphatic rings. The van der Waals surface area contributed by atoms with Gasteiger partial charge in [-0.25, -0.2) is 8.42 Å². The molecule has 6 N–H and O–H groups in total. The van der Waals surface area contributed by atoms with Gasteiger partial charge in [0.05, 0.1) is 18.1 Å². The third-order valence-electron chi connectivity index (χ3n) is 7.55. The Bertz CT molecular complexity index is 1330. The Morgan fingerprint density at radius 3 is 1.98 bits per heavy atom. The number of nitrogens with one attached hydrogen (secondary N) is 4. The first-order chi connectivity index (χ1) is 20.0. The van der Waals surface area contributed by atoms with Crippen molar-refractivity contribution in [1.82, 2.24) is 15.4 Å². The van der Waals surface area contributed by atoms with E-state index in [1.165, 1.54) is 13.0 Å². The average Bonchev–Trinajstić information content (AvgIpc) is 2.97. The zero-order chi connectivity index (χ0) is 30.5. The van der Waals surface area contributed by atoms with Gasteiger partial charge in [-0.05, 0) is 61.3 Å². The van der Waals surface area contributed by atoms with Gasteiger partial charge >= 0.3 is 0 Å². The summed E-state index contributed by atoms with van der Waals surface area (Å²) in [6.07, 6.45) is 8.91. The predicted molar refractivity (Wildman–Crippen MR) is 167 cm³/mol. The van der Waals surface area contributed by atoms with E-state index in [-0.39, 0.29) is 24.0 Å². The maximum absolute atomic E-state index is 13.6. The standard InChI is InChI=1S/C32H43N5O4S/c1-23(35-22-31(39)36-21-26-16-14-25(15-17-26)18-20-30(33)34)13-19-29(24(2)38)37-42(40,41)32(27-9-5-3-6-10-27)28-11-7-4-8-12-28/h3-13,19,25-26,32,35,37H,14-18,20-22H2,1-2H3,(H3,33,34)(H,36,39)/b23-13-,29-19+. The summed E-state index contributed by atoms with van der Waals surface area (Å²) < 4.78 is 29.7. The number of rotatable bonds is 15. The molecule has 0 aromatic heterocycles. The molecule has 9 nitrogen and oxygen atoms in total. The van der Waals surface area contributed by atoms with Crippen LogP contribution in [0.2, 0.25) is 0 Å². The third kappa shape index (κ3) is 10.5. The van der Waals surface area contributed by atoms with Crippen LogP contribution in [0.5, 0.6) is 0 Å². The number of Topliss-reactive ketones (excluding diaryl/α,β-unsaturated/α-hetero) is 1. The average molecular weight is 594 g/mol. The number of benzene rings is 2. The first-order valence-corrected chi connectivity index (χ1v) is 15.9. The topological polar surface area (TPSA) is 154 Å². The normalized spacial score (nSPS) is 17.9. The Kier molecular flexibility index (Phi) is 12.3. The number of ketones is 1. The molecule has 2 aromatic rings. The lowest BCUT2D eigenvalue weighted by Crippen LogP contribution is -2.37. The summed E-state index contributed by atoms with van der Waals surface area (Å²) in [6, 6.07) is 17.7. The van der Waals surface area contributed by atoms with Gasteiger partial charge in [0, 0.05) is 25.6 Å². The number of allylic oxidation sites excluding steroid dienone is 4. The highest BCUT2D eigenvalue weighted by molar-refractivity contribution is 7.90. The summed E-state index contributed by atoms with van der Waals surface area (Å²) >= 11 is 0. The van der Waals surface area contributed by atoms with Crippen molar-refractivity contribution in [3.8, 4) is 0 Å². The second-order valence-electron chi connectivity index (χ2n) is 10.9. The monoisotopic (exact) mass is 593 g/mol. The Morgan fingerprint density at radius 2 is 1.45 bits per heavy atom. The molecule has 2 aromatic carbocycles. The van der Waals surface area contributed by atoms with Gasteiger partial charge < -0.3 is 16.4 Å². The van der Waals surface area contributed by atoms with Crippen LogP contribution in [0.1, 0.15) is 68.7 Å². The van der Waals surface area contributed by atoms with Gasteiger partial charge in [0.15, 0.2) is 5.78 Å². The molecule has 3 rings (SSSR count). The number of amides is 1. The van der Waals surface area contributed by atoms with Crippen molar-refractivity contribution >= 4 is 27.5 Å². The lowest BCUT2D eigenvalue weighted by Gasteiger charge is -2.28. The minimum atomic E-state index is -4.04. The summed E-state index contributed by atoms with van der Waals surface area (Å²) in [6.45, 7) is 3.74. The number of amidine groups is 1. The van der Waals surface area contributed by atoms with Crippen LogP contribution in [-0.4, -0.2) is 39.0 Å². The quantitative estimate of drug-likeness (QED) is 0.0898. The molecule has 0 unspecified atom stereocenters. The van der Waals surface area contributed by atoms with Crippen LogP contribution in [-0.2, 0) is 19.6 Å². The van der Waals surface area contributed by atoms with Crippen LogP contribution in [0.15, 0.2) is 84.2 Å². The van der Waals surface area contributed by atoms with Gasteiger partial charge in [-0.15, -0.1) is 0 Å². The molecule has 1 saturated carbocycles. The van der Waals surface area contributed by atoms with Crippen LogP contribution in [0.4, 0.5) is 0 Å². The molecule has 1 amide bonds. The number of sulfonamides is 1. The van der Waals surface area contributed by atoms with Gasteiger partial charge in [0.2, 0.25) is 15.9 Å². The van der Waals surface area contributed by atoms with E-state index in [2.05, 4.69) is 15.4 Å². The van der Waals surface area contributed by atoms with Gasteiger partial charge in [-0.2, -0.15) is 0 Å². The fraction of sp³-hybridized carbons (Fsp3) is 0.406. The first-order valence-electron chi connectivity index (χ1n) is 14.4. The van der Waals surface area contributed by atoms with Gasteiger partial charge in [0.25, 0.3) is 0 Å². The highest BCUT2D eigenvalue weighted by Crippen LogP contribution is 2.31. The Labute approximate surface area is 249 Å². The van der Waals surface area contributed by atoms with E-state index >= 15 is 0 Å². The van der Waals surface area contributed by atoms with E-state index in [1.807, 2.05) is 12.1 Å². The van der Waals surface area contributed by atoms with Gasteiger partial charge in [0.1, 0.15) is 5.25 Å². The van der Waals surface area contributed by atoms with Crippen molar-refractivity contribution in [3.63, 3.8) is 0 Å². The smallest absolute Gasteiger partial charge is 0.244 e. The molecule has 1 fully saturated rings. The van der Waals surface area contributed by atoms with Crippen molar-refractivity contribution in [2.24, 2.45) is 17.6 Å². The van der Waals surface area contributed by atoms with Crippen molar-refractivity contribution < 1.29 is 18.0 Å². The summed E-state index contributed by atoms with van der Waals surface area (Å²) in [7, 11) is -4.04. The molecule has 0 spiro atoms. The maximum atomic E-state index is 13.6. The summed E-state index contributed by atoms with van der Waals surface area (Å²) in [5.74, 6) is 0.733. The van der Waals surface area contributed by atoms with Crippen LogP contribution in [0.3, 0.4) is 0 Å². The molecule has 0 saturated heterocycles. The number of carbonyl (C=O) groups is 2. The second-order valence-corrected chi connectivity index (χ2v) is 12.7. The van der Waals surface area contributed by atoms with Crippen LogP contribution >= 0.6 is 0 Å². The largest absolute Gasteiger partial charge is 0.388 e. The first kappa shape index (κ1) is 32.6. The van der Waals surface area contributed by atoms with Crippen LogP contribution in [0.25, 0.3) is 0 Å². The fourth-order valence-electron chi connectivity index (χ4n) is 5.13.